The first-order chi connectivity index (χ1) is 9.95. The van der Waals surface area contributed by atoms with Crippen LogP contribution in [0.3, 0.4) is 0 Å². The number of anilines is 1. The molecule has 0 N–H and O–H groups in total. The van der Waals surface area contributed by atoms with Gasteiger partial charge in [0.15, 0.2) is 0 Å². The van der Waals surface area contributed by atoms with E-state index < -0.39 is 15.6 Å². The molecule has 0 amide bonds. The van der Waals surface area contributed by atoms with Crippen molar-refractivity contribution >= 4 is 26.9 Å². The average Bonchev–Trinajstić information content (AvgIpc) is 2.97. The molecule has 0 unspecified atom stereocenters. The van der Waals surface area contributed by atoms with Crippen molar-refractivity contribution in [2.24, 2.45) is 0 Å². The molecule has 0 atom stereocenters. The Labute approximate surface area is 126 Å². The number of rotatable bonds is 6. The lowest BCUT2D eigenvalue weighted by atomic mass is 10.2. The van der Waals surface area contributed by atoms with Crippen molar-refractivity contribution in [2.75, 3.05) is 11.4 Å². The van der Waals surface area contributed by atoms with Gasteiger partial charge in [0, 0.05) is 17.1 Å². The van der Waals surface area contributed by atoms with Gasteiger partial charge < -0.3 is 4.90 Å². The number of benzene rings is 1. The quantitative estimate of drug-likeness (QED) is 0.808. The molecule has 0 spiro atoms. The summed E-state index contributed by atoms with van der Waals surface area (Å²) in [5, 5.41) is 1.99. The minimum Gasteiger partial charge on any atom is -0.367 e. The molecule has 0 aliphatic rings. The molecule has 0 bridgehead atoms. The van der Waals surface area contributed by atoms with Crippen molar-refractivity contribution in [3.8, 4) is 0 Å². The highest BCUT2D eigenvalue weighted by molar-refractivity contribution is 7.91. The summed E-state index contributed by atoms with van der Waals surface area (Å²) < 4.78 is 47.7. The SMILES string of the molecule is CCN(Cc1cccs1)c1ccc(S(=O)(=O)C(F)F)cc1. The predicted molar refractivity (Wildman–Crippen MR) is 80.7 cm³/mol. The molecule has 114 valence electrons. The molecule has 3 nitrogen and oxygen atoms in total. The third-order valence-corrected chi connectivity index (χ3v) is 5.33. The Bertz CT molecular complexity index is 668. The second-order valence-corrected chi connectivity index (χ2v) is 7.34. The van der Waals surface area contributed by atoms with Gasteiger partial charge in [0.2, 0.25) is 9.84 Å². The lowest BCUT2D eigenvalue weighted by Crippen LogP contribution is -2.21. The van der Waals surface area contributed by atoms with E-state index in [0.29, 0.717) is 6.54 Å². The number of nitrogens with zero attached hydrogens (tertiary/aromatic N) is 1. The second-order valence-electron chi connectivity index (χ2n) is 4.39. The third kappa shape index (κ3) is 3.59. The molecule has 0 aliphatic carbocycles. The molecule has 2 rings (SSSR count). The molecular weight excluding hydrogens is 316 g/mol. The number of hydrogen-bond acceptors (Lipinski definition) is 4. The van der Waals surface area contributed by atoms with E-state index in [0.717, 1.165) is 12.2 Å². The van der Waals surface area contributed by atoms with E-state index in [9.17, 15) is 17.2 Å². The summed E-state index contributed by atoms with van der Waals surface area (Å²) in [6.07, 6.45) is 0. The Morgan fingerprint density at radius 2 is 1.86 bits per heavy atom. The lowest BCUT2D eigenvalue weighted by molar-refractivity contribution is 0.234. The van der Waals surface area contributed by atoms with Crippen molar-refractivity contribution in [1.82, 2.24) is 0 Å². The summed E-state index contributed by atoms with van der Waals surface area (Å²) in [7, 11) is -4.53. The van der Waals surface area contributed by atoms with Crippen molar-refractivity contribution in [3.63, 3.8) is 0 Å². The Morgan fingerprint density at radius 3 is 2.33 bits per heavy atom. The van der Waals surface area contributed by atoms with Gasteiger partial charge in [0.25, 0.3) is 0 Å². The van der Waals surface area contributed by atoms with Gasteiger partial charge in [-0.25, -0.2) is 8.42 Å². The predicted octanol–water partition coefficient (Wildman–Crippen LogP) is 3.77. The maximum atomic E-state index is 12.5. The van der Waals surface area contributed by atoms with Crippen LogP contribution >= 0.6 is 11.3 Å². The summed E-state index contributed by atoms with van der Waals surface area (Å²) in [5.74, 6) is -3.39. The van der Waals surface area contributed by atoms with Crippen LogP contribution in [0.4, 0.5) is 14.5 Å². The third-order valence-electron chi connectivity index (χ3n) is 3.07. The van der Waals surface area contributed by atoms with Crippen molar-refractivity contribution in [2.45, 2.75) is 24.1 Å². The second kappa shape index (κ2) is 6.53. The largest absolute Gasteiger partial charge is 0.367 e. The average molecular weight is 331 g/mol. The van der Waals surface area contributed by atoms with E-state index in [-0.39, 0.29) is 4.90 Å². The van der Waals surface area contributed by atoms with Crippen molar-refractivity contribution in [3.05, 3.63) is 46.7 Å². The first-order valence-electron chi connectivity index (χ1n) is 6.34. The summed E-state index contributed by atoms with van der Waals surface area (Å²) in [6, 6.07) is 9.57. The molecule has 1 aromatic carbocycles. The topological polar surface area (TPSA) is 37.4 Å². The van der Waals surface area contributed by atoms with Gasteiger partial charge in [-0.3, -0.25) is 0 Å². The van der Waals surface area contributed by atoms with E-state index in [1.54, 1.807) is 23.5 Å². The zero-order valence-corrected chi connectivity index (χ0v) is 13.0. The van der Waals surface area contributed by atoms with Crippen LogP contribution in [0.15, 0.2) is 46.7 Å². The van der Waals surface area contributed by atoms with Crippen LogP contribution in [0.2, 0.25) is 0 Å². The molecule has 0 aliphatic heterocycles. The fraction of sp³-hybridized carbons (Fsp3) is 0.286. The molecule has 1 aromatic heterocycles. The van der Waals surface area contributed by atoms with Gasteiger partial charge in [0.05, 0.1) is 11.4 Å². The standard InChI is InChI=1S/C14H15F2NO2S2/c1-2-17(10-12-4-3-9-20-12)11-5-7-13(8-6-11)21(18,19)14(15)16/h3-9,14H,2,10H2,1H3. The molecule has 0 radical (unpaired) electrons. The minimum atomic E-state index is -4.53. The van der Waals surface area contributed by atoms with Gasteiger partial charge in [-0.2, -0.15) is 8.78 Å². The zero-order valence-electron chi connectivity index (χ0n) is 11.4. The highest BCUT2D eigenvalue weighted by Crippen LogP contribution is 2.24. The molecule has 0 saturated carbocycles. The van der Waals surface area contributed by atoms with Gasteiger partial charge in [-0.1, -0.05) is 6.07 Å². The van der Waals surface area contributed by atoms with Crippen LogP contribution in [-0.2, 0) is 16.4 Å². The minimum absolute atomic E-state index is 0.353. The number of sulfone groups is 1. The van der Waals surface area contributed by atoms with Gasteiger partial charge in [-0.15, -0.1) is 11.3 Å². The molecule has 1 heterocycles. The number of thiophene rings is 1. The van der Waals surface area contributed by atoms with Gasteiger partial charge >= 0.3 is 5.76 Å². The molecule has 0 fully saturated rings. The summed E-state index contributed by atoms with van der Waals surface area (Å²) in [4.78, 5) is 2.87. The van der Waals surface area contributed by atoms with Crippen LogP contribution < -0.4 is 4.90 Å². The lowest BCUT2D eigenvalue weighted by Gasteiger charge is -2.22. The van der Waals surface area contributed by atoms with Gasteiger partial charge in [0.1, 0.15) is 0 Å². The van der Waals surface area contributed by atoms with Crippen molar-refractivity contribution in [1.29, 1.82) is 0 Å². The number of hydrogen-bond donors (Lipinski definition) is 0. The van der Waals surface area contributed by atoms with Crippen LogP contribution in [0.1, 0.15) is 11.8 Å². The molecular formula is C14H15F2NO2S2. The Balaban J connectivity index is 2.21. The van der Waals surface area contributed by atoms with Gasteiger partial charge in [-0.05, 0) is 42.6 Å². The number of halogens is 2. The van der Waals surface area contributed by atoms with E-state index in [1.807, 2.05) is 29.3 Å². The normalized spacial score (nSPS) is 11.8. The van der Waals surface area contributed by atoms with Crippen LogP contribution in [0.5, 0.6) is 0 Å². The highest BCUT2D eigenvalue weighted by atomic mass is 32.2. The fourth-order valence-electron chi connectivity index (χ4n) is 1.93. The van der Waals surface area contributed by atoms with E-state index in [1.165, 1.54) is 17.0 Å². The Kier molecular flexibility index (Phi) is 4.95. The first kappa shape index (κ1) is 15.9. The van der Waals surface area contributed by atoms with Crippen LogP contribution in [0.25, 0.3) is 0 Å². The molecule has 21 heavy (non-hydrogen) atoms. The van der Waals surface area contributed by atoms with E-state index in [2.05, 4.69) is 0 Å². The van der Waals surface area contributed by atoms with E-state index in [4.69, 9.17) is 0 Å². The van der Waals surface area contributed by atoms with Crippen molar-refractivity contribution < 1.29 is 17.2 Å². The highest BCUT2D eigenvalue weighted by Gasteiger charge is 2.26. The Hall–Kier alpha value is -1.47. The maximum Gasteiger partial charge on any atom is 0.341 e. The number of alkyl halides is 2. The van der Waals surface area contributed by atoms with Crippen LogP contribution in [-0.4, -0.2) is 20.7 Å². The molecule has 2 aromatic rings. The monoisotopic (exact) mass is 331 g/mol. The smallest absolute Gasteiger partial charge is 0.341 e. The summed E-state index contributed by atoms with van der Waals surface area (Å²) in [6.45, 7) is 3.42. The molecule has 0 saturated heterocycles. The first-order valence-corrected chi connectivity index (χ1v) is 8.77. The van der Waals surface area contributed by atoms with Crippen LogP contribution in [0, 0.1) is 0 Å². The summed E-state index contributed by atoms with van der Waals surface area (Å²) >= 11 is 1.64. The fourth-order valence-corrected chi connectivity index (χ4v) is 3.37. The maximum absolute atomic E-state index is 12.5. The summed E-state index contributed by atoms with van der Waals surface area (Å²) in [5.41, 5.74) is 0.805. The zero-order chi connectivity index (χ0) is 15.5. The Morgan fingerprint density at radius 1 is 1.19 bits per heavy atom. The molecule has 7 heteroatoms. The van der Waals surface area contributed by atoms with E-state index >= 15 is 0 Å².